The fourth-order valence-corrected chi connectivity index (χ4v) is 1.69. The van der Waals surface area contributed by atoms with E-state index in [0.29, 0.717) is 18.9 Å². The number of hydrogen-bond acceptors (Lipinski definition) is 3. The zero-order valence-corrected chi connectivity index (χ0v) is 10.3. The molecular weight excluding hydrogens is 257 g/mol. The summed E-state index contributed by atoms with van der Waals surface area (Å²) in [4.78, 5) is 12.2. The fourth-order valence-electron chi connectivity index (χ4n) is 1.69. The van der Waals surface area contributed by atoms with Gasteiger partial charge in [-0.15, -0.1) is 0 Å². The summed E-state index contributed by atoms with van der Waals surface area (Å²) in [5.41, 5.74) is -0.0610. The summed E-state index contributed by atoms with van der Waals surface area (Å²) in [6.45, 7) is 2.84. The van der Waals surface area contributed by atoms with Crippen molar-refractivity contribution in [1.29, 1.82) is 0 Å². The molecule has 2 rings (SSSR count). The topological polar surface area (TPSA) is 44.8 Å². The van der Waals surface area contributed by atoms with Gasteiger partial charge < -0.3 is 9.88 Å². The van der Waals surface area contributed by atoms with E-state index in [4.69, 9.17) is 0 Å². The van der Waals surface area contributed by atoms with Crippen LogP contribution in [0, 0.1) is 0 Å². The molecule has 7 heteroatoms. The van der Waals surface area contributed by atoms with Gasteiger partial charge in [-0.05, 0) is 19.1 Å². The van der Waals surface area contributed by atoms with Crippen LogP contribution in [0.15, 0.2) is 30.7 Å². The maximum atomic E-state index is 12.6. The summed E-state index contributed by atoms with van der Waals surface area (Å²) in [7, 11) is 0. The fraction of sp³-hybridized carbons (Fsp3) is 0.333. The Morgan fingerprint density at radius 2 is 2.11 bits per heavy atom. The first-order chi connectivity index (χ1) is 9.00. The molecule has 0 bridgehead atoms. The smallest absolute Gasteiger partial charge is 0.351 e. The molecule has 2 aromatic heterocycles. The number of aromatic amines is 1. The molecule has 0 atom stereocenters. The SMILES string of the molecule is CCN(Cc1cnc[nH]1)c1cccc(C(F)(F)F)n1. The molecule has 0 aromatic carbocycles. The number of alkyl halides is 3. The minimum absolute atomic E-state index is 0.298. The second kappa shape index (κ2) is 5.29. The molecule has 0 aliphatic rings. The number of anilines is 1. The van der Waals surface area contributed by atoms with Crippen molar-refractivity contribution in [2.75, 3.05) is 11.4 Å². The van der Waals surface area contributed by atoms with Gasteiger partial charge in [-0.1, -0.05) is 6.07 Å². The monoisotopic (exact) mass is 270 g/mol. The largest absolute Gasteiger partial charge is 0.433 e. The number of hydrogen-bond donors (Lipinski definition) is 1. The van der Waals surface area contributed by atoms with E-state index in [1.807, 2.05) is 6.92 Å². The lowest BCUT2D eigenvalue weighted by Crippen LogP contribution is -2.24. The predicted octanol–water partition coefficient (Wildman–Crippen LogP) is 2.85. The predicted molar refractivity (Wildman–Crippen MR) is 64.6 cm³/mol. The zero-order valence-electron chi connectivity index (χ0n) is 10.3. The van der Waals surface area contributed by atoms with Gasteiger partial charge in [0.15, 0.2) is 0 Å². The number of rotatable bonds is 4. The molecule has 0 radical (unpaired) electrons. The van der Waals surface area contributed by atoms with Crippen molar-refractivity contribution in [1.82, 2.24) is 15.0 Å². The maximum absolute atomic E-state index is 12.6. The Morgan fingerprint density at radius 3 is 2.68 bits per heavy atom. The Labute approximate surface area is 108 Å². The molecular formula is C12H13F3N4. The van der Waals surface area contributed by atoms with Gasteiger partial charge in [0, 0.05) is 12.7 Å². The number of pyridine rings is 1. The standard InChI is InChI=1S/C12H13F3N4/c1-2-19(7-9-6-16-8-17-9)11-5-3-4-10(18-11)12(13,14)15/h3-6,8H,2,7H2,1H3,(H,16,17). The van der Waals surface area contributed by atoms with Crippen LogP contribution in [0.25, 0.3) is 0 Å². The van der Waals surface area contributed by atoms with Crippen molar-refractivity contribution < 1.29 is 13.2 Å². The van der Waals surface area contributed by atoms with Crippen LogP contribution >= 0.6 is 0 Å². The number of halogens is 3. The van der Waals surface area contributed by atoms with Gasteiger partial charge >= 0.3 is 6.18 Å². The Balaban J connectivity index is 2.23. The third-order valence-corrected chi connectivity index (χ3v) is 2.65. The number of H-pyrrole nitrogens is 1. The van der Waals surface area contributed by atoms with Gasteiger partial charge in [-0.25, -0.2) is 9.97 Å². The molecule has 0 spiro atoms. The summed E-state index contributed by atoms with van der Waals surface area (Å²) >= 11 is 0. The quantitative estimate of drug-likeness (QED) is 0.929. The molecule has 102 valence electrons. The van der Waals surface area contributed by atoms with Crippen molar-refractivity contribution in [3.8, 4) is 0 Å². The molecule has 19 heavy (non-hydrogen) atoms. The van der Waals surface area contributed by atoms with Crippen LogP contribution in [0.3, 0.4) is 0 Å². The highest BCUT2D eigenvalue weighted by Gasteiger charge is 2.32. The highest BCUT2D eigenvalue weighted by Crippen LogP contribution is 2.29. The van der Waals surface area contributed by atoms with E-state index < -0.39 is 11.9 Å². The molecule has 0 aliphatic heterocycles. The third-order valence-electron chi connectivity index (χ3n) is 2.65. The van der Waals surface area contributed by atoms with Gasteiger partial charge in [-0.2, -0.15) is 13.2 Å². The third kappa shape index (κ3) is 3.24. The number of nitrogens with zero attached hydrogens (tertiary/aromatic N) is 3. The molecule has 0 fully saturated rings. The maximum Gasteiger partial charge on any atom is 0.433 e. The van der Waals surface area contributed by atoms with E-state index in [9.17, 15) is 13.2 Å². The lowest BCUT2D eigenvalue weighted by Gasteiger charge is -2.21. The molecule has 0 amide bonds. The zero-order chi connectivity index (χ0) is 13.9. The average molecular weight is 270 g/mol. The number of nitrogens with one attached hydrogen (secondary N) is 1. The van der Waals surface area contributed by atoms with Gasteiger partial charge in [0.25, 0.3) is 0 Å². The van der Waals surface area contributed by atoms with Crippen LogP contribution in [0.5, 0.6) is 0 Å². The minimum atomic E-state index is -4.43. The van der Waals surface area contributed by atoms with Crippen molar-refractivity contribution in [2.45, 2.75) is 19.6 Å². The van der Waals surface area contributed by atoms with Crippen molar-refractivity contribution in [3.05, 3.63) is 42.1 Å². The van der Waals surface area contributed by atoms with Crippen LogP contribution < -0.4 is 4.90 Å². The van der Waals surface area contributed by atoms with Crippen LogP contribution in [0.4, 0.5) is 19.0 Å². The Bertz CT molecular complexity index is 522. The lowest BCUT2D eigenvalue weighted by molar-refractivity contribution is -0.141. The summed E-state index contributed by atoms with van der Waals surface area (Å²) < 4.78 is 37.8. The van der Waals surface area contributed by atoms with Crippen molar-refractivity contribution in [3.63, 3.8) is 0 Å². The molecule has 2 aromatic rings. The van der Waals surface area contributed by atoms with Gasteiger partial charge in [0.2, 0.25) is 0 Å². The summed E-state index contributed by atoms with van der Waals surface area (Å²) in [5, 5.41) is 0. The highest BCUT2D eigenvalue weighted by atomic mass is 19.4. The molecule has 0 unspecified atom stereocenters. The van der Waals surface area contributed by atoms with E-state index in [1.165, 1.54) is 12.4 Å². The second-order valence-electron chi connectivity index (χ2n) is 3.97. The van der Waals surface area contributed by atoms with Gasteiger partial charge in [-0.3, -0.25) is 0 Å². The van der Waals surface area contributed by atoms with E-state index >= 15 is 0 Å². The minimum Gasteiger partial charge on any atom is -0.351 e. The highest BCUT2D eigenvalue weighted by molar-refractivity contribution is 5.40. The molecule has 0 saturated heterocycles. The van der Waals surface area contributed by atoms with E-state index in [-0.39, 0.29) is 0 Å². The molecule has 0 aliphatic carbocycles. The second-order valence-corrected chi connectivity index (χ2v) is 3.97. The summed E-state index contributed by atoms with van der Waals surface area (Å²) in [6.07, 6.45) is -1.26. The number of imidazole rings is 1. The summed E-state index contributed by atoms with van der Waals surface area (Å²) in [6, 6.07) is 3.89. The molecule has 0 saturated carbocycles. The van der Waals surface area contributed by atoms with Crippen LogP contribution in [-0.2, 0) is 12.7 Å². The van der Waals surface area contributed by atoms with Crippen LogP contribution in [-0.4, -0.2) is 21.5 Å². The van der Waals surface area contributed by atoms with Gasteiger partial charge in [0.1, 0.15) is 11.5 Å². The Morgan fingerprint density at radius 1 is 1.32 bits per heavy atom. The molecule has 1 N–H and O–H groups in total. The van der Waals surface area contributed by atoms with Crippen molar-refractivity contribution >= 4 is 5.82 Å². The first-order valence-electron chi connectivity index (χ1n) is 5.77. The molecule has 4 nitrogen and oxygen atoms in total. The number of aromatic nitrogens is 3. The average Bonchev–Trinajstić information content (AvgIpc) is 2.88. The first-order valence-corrected chi connectivity index (χ1v) is 5.77. The summed E-state index contributed by atoms with van der Waals surface area (Å²) in [5.74, 6) is 0.298. The lowest BCUT2D eigenvalue weighted by atomic mass is 10.3. The first kappa shape index (κ1) is 13.4. The van der Waals surface area contributed by atoms with Gasteiger partial charge in [0.05, 0.1) is 18.6 Å². The van der Waals surface area contributed by atoms with Crippen LogP contribution in [0.1, 0.15) is 18.3 Å². The molecule has 2 heterocycles. The van der Waals surface area contributed by atoms with Crippen LogP contribution in [0.2, 0.25) is 0 Å². The normalized spacial score (nSPS) is 11.6. The van der Waals surface area contributed by atoms with E-state index in [2.05, 4.69) is 15.0 Å². The van der Waals surface area contributed by atoms with E-state index in [0.717, 1.165) is 11.8 Å². The van der Waals surface area contributed by atoms with Crippen molar-refractivity contribution in [2.24, 2.45) is 0 Å². The Kier molecular flexibility index (Phi) is 3.73. The van der Waals surface area contributed by atoms with E-state index in [1.54, 1.807) is 17.2 Å². The Hall–Kier alpha value is -2.05.